The molecular formula is C18H26N2O3S. The van der Waals surface area contributed by atoms with Gasteiger partial charge in [0.15, 0.2) is 0 Å². The fourth-order valence-corrected chi connectivity index (χ4v) is 3.33. The fraction of sp³-hybridized carbons (Fsp3) is 0.556. The van der Waals surface area contributed by atoms with Gasteiger partial charge in [-0.15, -0.1) is 0 Å². The minimum absolute atomic E-state index is 0.0635. The van der Waals surface area contributed by atoms with Crippen LogP contribution in [0.15, 0.2) is 24.3 Å². The van der Waals surface area contributed by atoms with E-state index in [4.69, 9.17) is 4.74 Å². The van der Waals surface area contributed by atoms with Gasteiger partial charge in [-0.05, 0) is 30.9 Å². The fourth-order valence-electron chi connectivity index (χ4n) is 2.89. The van der Waals surface area contributed by atoms with Crippen molar-refractivity contribution in [1.29, 1.82) is 0 Å². The average Bonchev–Trinajstić information content (AvgIpc) is 2.61. The van der Waals surface area contributed by atoms with Crippen molar-refractivity contribution < 1.29 is 14.3 Å². The Morgan fingerprint density at radius 2 is 2.21 bits per heavy atom. The van der Waals surface area contributed by atoms with Crippen molar-refractivity contribution in [2.75, 3.05) is 32.2 Å². The van der Waals surface area contributed by atoms with Crippen LogP contribution in [0.4, 0.5) is 0 Å². The SMILES string of the molecule is COc1ccccc1CN1C[C@H](C(=O)NCCCSC)CCC1=O. The maximum Gasteiger partial charge on any atom is 0.224 e. The average molecular weight is 350 g/mol. The number of amides is 2. The molecule has 0 bridgehead atoms. The van der Waals surface area contributed by atoms with E-state index in [-0.39, 0.29) is 17.7 Å². The molecule has 2 rings (SSSR count). The molecule has 0 unspecified atom stereocenters. The van der Waals surface area contributed by atoms with Crippen LogP contribution >= 0.6 is 11.8 Å². The Morgan fingerprint density at radius 1 is 1.42 bits per heavy atom. The molecule has 1 saturated heterocycles. The zero-order valence-corrected chi connectivity index (χ0v) is 15.2. The number of ether oxygens (including phenoxy) is 1. The van der Waals surface area contributed by atoms with Crippen LogP contribution in [0.5, 0.6) is 5.75 Å². The van der Waals surface area contributed by atoms with Gasteiger partial charge in [-0.2, -0.15) is 11.8 Å². The third-order valence-corrected chi connectivity index (χ3v) is 4.95. The molecule has 1 heterocycles. The number of thioether (sulfide) groups is 1. The highest BCUT2D eigenvalue weighted by Gasteiger charge is 2.30. The summed E-state index contributed by atoms with van der Waals surface area (Å²) in [4.78, 5) is 26.3. The molecule has 1 atom stereocenters. The zero-order chi connectivity index (χ0) is 17.4. The molecule has 24 heavy (non-hydrogen) atoms. The first-order chi connectivity index (χ1) is 11.7. The lowest BCUT2D eigenvalue weighted by Gasteiger charge is -2.32. The van der Waals surface area contributed by atoms with Crippen LogP contribution in [-0.2, 0) is 16.1 Å². The first kappa shape index (κ1) is 18.6. The number of likely N-dealkylation sites (tertiary alicyclic amines) is 1. The summed E-state index contributed by atoms with van der Waals surface area (Å²) in [6.07, 6.45) is 4.10. The van der Waals surface area contributed by atoms with Crippen LogP contribution in [-0.4, -0.2) is 48.9 Å². The maximum absolute atomic E-state index is 12.3. The smallest absolute Gasteiger partial charge is 0.224 e. The quantitative estimate of drug-likeness (QED) is 0.731. The number of nitrogens with zero attached hydrogens (tertiary/aromatic N) is 1. The first-order valence-electron chi connectivity index (χ1n) is 8.32. The van der Waals surface area contributed by atoms with Gasteiger partial charge in [0.25, 0.3) is 0 Å². The van der Waals surface area contributed by atoms with Gasteiger partial charge in [-0.3, -0.25) is 9.59 Å². The minimum Gasteiger partial charge on any atom is -0.496 e. The van der Waals surface area contributed by atoms with Gasteiger partial charge in [0, 0.05) is 31.6 Å². The van der Waals surface area contributed by atoms with Crippen molar-refractivity contribution in [2.24, 2.45) is 5.92 Å². The molecule has 0 saturated carbocycles. The van der Waals surface area contributed by atoms with Crippen molar-refractivity contribution in [3.05, 3.63) is 29.8 Å². The highest BCUT2D eigenvalue weighted by molar-refractivity contribution is 7.98. The maximum atomic E-state index is 12.3. The first-order valence-corrected chi connectivity index (χ1v) is 9.71. The normalized spacial score (nSPS) is 17.7. The van der Waals surface area contributed by atoms with Crippen molar-refractivity contribution >= 4 is 23.6 Å². The van der Waals surface area contributed by atoms with Crippen LogP contribution in [0.1, 0.15) is 24.8 Å². The molecule has 1 fully saturated rings. The Bertz CT molecular complexity index is 565. The Hall–Kier alpha value is -1.69. The van der Waals surface area contributed by atoms with Crippen molar-refractivity contribution in [2.45, 2.75) is 25.8 Å². The molecule has 1 aliphatic rings. The lowest BCUT2D eigenvalue weighted by molar-refractivity contribution is -0.138. The predicted octanol–water partition coefficient (Wildman–Crippen LogP) is 2.30. The lowest BCUT2D eigenvalue weighted by Crippen LogP contribution is -2.45. The second-order valence-corrected chi connectivity index (χ2v) is 6.94. The molecule has 0 aliphatic carbocycles. The Balaban J connectivity index is 1.93. The zero-order valence-electron chi connectivity index (χ0n) is 14.4. The van der Waals surface area contributed by atoms with E-state index in [0.717, 1.165) is 23.5 Å². The second kappa shape index (κ2) is 9.57. The lowest BCUT2D eigenvalue weighted by atomic mass is 9.96. The van der Waals surface area contributed by atoms with Crippen LogP contribution in [0, 0.1) is 5.92 Å². The summed E-state index contributed by atoms with van der Waals surface area (Å²) in [5, 5.41) is 2.99. The number of piperidine rings is 1. The molecule has 2 amide bonds. The van der Waals surface area contributed by atoms with Gasteiger partial charge in [-0.25, -0.2) is 0 Å². The van der Waals surface area contributed by atoms with Crippen molar-refractivity contribution in [1.82, 2.24) is 10.2 Å². The standard InChI is InChI=1S/C18H26N2O3S/c1-23-16-7-4-3-6-14(16)12-20-13-15(8-9-17(20)21)18(22)19-10-5-11-24-2/h3-4,6-7,15H,5,8-13H2,1-2H3,(H,19,22)/t15-/m1/s1. The Morgan fingerprint density at radius 3 is 2.96 bits per heavy atom. The Kier molecular flexibility index (Phi) is 7.43. The molecule has 0 aromatic heterocycles. The monoisotopic (exact) mass is 350 g/mol. The number of para-hydroxylation sites is 1. The molecule has 6 heteroatoms. The van der Waals surface area contributed by atoms with E-state index in [1.807, 2.05) is 24.3 Å². The van der Waals surface area contributed by atoms with Gasteiger partial charge in [0.2, 0.25) is 11.8 Å². The molecule has 0 spiro atoms. The number of nitrogens with one attached hydrogen (secondary N) is 1. The molecule has 132 valence electrons. The summed E-state index contributed by atoms with van der Waals surface area (Å²) in [6, 6.07) is 7.69. The molecular weight excluding hydrogens is 324 g/mol. The van der Waals surface area contributed by atoms with Crippen LogP contribution in [0.3, 0.4) is 0 Å². The van der Waals surface area contributed by atoms with Crippen molar-refractivity contribution in [3.63, 3.8) is 0 Å². The number of rotatable bonds is 8. The Labute approximate surface area is 148 Å². The third-order valence-electron chi connectivity index (χ3n) is 4.25. The summed E-state index contributed by atoms with van der Waals surface area (Å²) in [5.41, 5.74) is 0.967. The third kappa shape index (κ3) is 5.16. The number of benzene rings is 1. The molecule has 1 aromatic carbocycles. The highest BCUT2D eigenvalue weighted by Crippen LogP contribution is 2.24. The summed E-state index contributed by atoms with van der Waals surface area (Å²) in [5.74, 6) is 1.87. The minimum atomic E-state index is -0.119. The predicted molar refractivity (Wildman–Crippen MR) is 97.1 cm³/mol. The molecule has 1 aromatic rings. The number of methoxy groups -OCH3 is 1. The van der Waals surface area contributed by atoms with E-state index in [9.17, 15) is 9.59 Å². The number of carbonyl (C=O) groups is 2. The molecule has 0 radical (unpaired) electrons. The summed E-state index contributed by atoms with van der Waals surface area (Å²) in [6.45, 7) is 1.67. The van der Waals surface area contributed by atoms with E-state index in [1.54, 1.807) is 23.8 Å². The van der Waals surface area contributed by atoms with E-state index < -0.39 is 0 Å². The topological polar surface area (TPSA) is 58.6 Å². The van der Waals surface area contributed by atoms with E-state index in [2.05, 4.69) is 11.6 Å². The van der Waals surface area contributed by atoms with Gasteiger partial charge in [0.1, 0.15) is 5.75 Å². The van der Waals surface area contributed by atoms with E-state index >= 15 is 0 Å². The largest absolute Gasteiger partial charge is 0.496 e. The number of hydrogen-bond acceptors (Lipinski definition) is 4. The second-order valence-electron chi connectivity index (χ2n) is 5.96. The molecule has 5 nitrogen and oxygen atoms in total. The number of carbonyl (C=O) groups excluding carboxylic acids is 2. The van der Waals surface area contributed by atoms with Gasteiger partial charge in [0.05, 0.1) is 13.0 Å². The summed E-state index contributed by atoms with van der Waals surface area (Å²) < 4.78 is 5.35. The summed E-state index contributed by atoms with van der Waals surface area (Å²) >= 11 is 1.78. The summed E-state index contributed by atoms with van der Waals surface area (Å²) in [7, 11) is 1.63. The highest BCUT2D eigenvalue weighted by atomic mass is 32.2. The van der Waals surface area contributed by atoms with E-state index in [1.165, 1.54) is 0 Å². The van der Waals surface area contributed by atoms with Crippen LogP contribution < -0.4 is 10.1 Å². The van der Waals surface area contributed by atoms with Crippen LogP contribution in [0.2, 0.25) is 0 Å². The van der Waals surface area contributed by atoms with Crippen molar-refractivity contribution in [3.8, 4) is 5.75 Å². The van der Waals surface area contributed by atoms with Gasteiger partial charge in [-0.1, -0.05) is 18.2 Å². The van der Waals surface area contributed by atoms with Gasteiger partial charge >= 0.3 is 0 Å². The van der Waals surface area contributed by atoms with E-state index in [0.29, 0.717) is 32.5 Å². The number of hydrogen-bond donors (Lipinski definition) is 1. The van der Waals surface area contributed by atoms with Gasteiger partial charge < -0.3 is 15.0 Å². The molecule has 1 N–H and O–H groups in total. The van der Waals surface area contributed by atoms with Crippen LogP contribution in [0.25, 0.3) is 0 Å². The molecule has 1 aliphatic heterocycles.